The van der Waals surface area contributed by atoms with Crippen LogP contribution in [0.5, 0.6) is 0 Å². The predicted molar refractivity (Wildman–Crippen MR) is 120 cm³/mol. The first-order chi connectivity index (χ1) is 14.9. The van der Waals surface area contributed by atoms with Gasteiger partial charge in [0.1, 0.15) is 18.1 Å². The molecule has 0 aromatic heterocycles. The van der Waals surface area contributed by atoms with Crippen molar-refractivity contribution in [1.82, 2.24) is 16.0 Å². The Hall–Kier alpha value is -2.52. The summed E-state index contributed by atoms with van der Waals surface area (Å²) in [5.74, 6) is -5.03. The molecule has 0 rings (SSSR count). The Morgan fingerprint density at radius 2 is 1.41 bits per heavy atom. The number of thioether (sulfide) groups is 1. The van der Waals surface area contributed by atoms with E-state index < -0.39 is 66.1 Å². The zero-order chi connectivity index (χ0) is 24.8. The van der Waals surface area contributed by atoms with E-state index in [4.69, 9.17) is 17.2 Å². The van der Waals surface area contributed by atoms with Gasteiger partial charge in [0, 0.05) is 12.2 Å². The van der Waals surface area contributed by atoms with Crippen LogP contribution in [0.1, 0.15) is 25.7 Å². The van der Waals surface area contributed by atoms with Crippen molar-refractivity contribution >= 4 is 59.9 Å². The molecule has 0 saturated carbocycles. The standard InChI is InChI=1S/C17H30N6O7S2/c1-32-5-4-9(15(27)22-10(17(29)30)2-3-12(19)24)21-16(28)11(6-13(20)25)23-14(26)8(18)7-31/h8-11,31H,2-7,18H2,1H3,(H2,19,24)(H2,20,25)(H,21,28)(H,22,27)(H,23,26)(H,29,30). The maximum atomic E-state index is 12.7. The minimum absolute atomic E-state index is 0.0165. The van der Waals surface area contributed by atoms with Crippen LogP contribution in [0, 0.1) is 0 Å². The molecule has 0 fully saturated rings. The van der Waals surface area contributed by atoms with E-state index in [-0.39, 0.29) is 25.0 Å². The molecule has 0 aliphatic carbocycles. The van der Waals surface area contributed by atoms with E-state index in [1.165, 1.54) is 11.8 Å². The van der Waals surface area contributed by atoms with Crippen molar-refractivity contribution in [2.75, 3.05) is 17.8 Å². The van der Waals surface area contributed by atoms with Crippen molar-refractivity contribution in [1.29, 1.82) is 0 Å². The molecule has 10 N–H and O–H groups in total. The Morgan fingerprint density at radius 3 is 1.88 bits per heavy atom. The SMILES string of the molecule is CSCCC(NC(=O)C(CC(N)=O)NC(=O)C(N)CS)C(=O)NC(CCC(N)=O)C(=O)O. The van der Waals surface area contributed by atoms with Crippen LogP contribution in [0.15, 0.2) is 0 Å². The highest BCUT2D eigenvalue weighted by Gasteiger charge is 2.30. The molecule has 32 heavy (non-hydrogen) atoms. The number of rotatable bonds is 16. The molecule has 0 saturated heterocycles. The van der Waals surface area contributed by atoms with Crippen LogP contribution in [0.4, 0.5) is 0 Å². The van der Waals surface area contributed by atoms with E-state index in [9.17, 15) is 33.9 Å². The number of carbonyl (C=O) groups is 6. The zero-order valence-electron chi connectivity index (χ0n) is 17.5. The molecule has 0 bridgehead atoms. The van der Waals surface area contributed by atoms with Gasteiger partial charge in [0.25, 0.3) is 0 Å². The summed E-state index contributed by atoms with van der Waals surface area (Å²) in [5.41, 5.74) is 15.7. The second-order valence-corrected chi connectivity index (χ2v) is 8.12. The van der Waals surface area contributed by atoms with Gasteiger partial charge in [0.05, 0.1) is 12.5 Å². The van der Waals surface area contributed by atoms with E-state index in [0.717, 1.165) is 0 Å². The average molecular weight is 495 g/mol. The van der Waals surface area contributed by atoms with Crippen LogP contribution in [0.25, 0.3) is 0 Å². The summed E-state index contributed by atoms with van der Waals surface area (Å²) in [6.45, 7) is 0. The van der Waals surface area contributed by atoms with E-state index in [0.29, 0.717) is 5.75 Å². The van der Waals surface area contributed by atoms with Gasteiger partial charge in [-0.15, -0.1) is 0 Å². The van der Waals surface area contributed by atoms with Gasteiger partial charge in [-0.1, -0.05) is 0 Å². The molecule has 15 heteroatoms. The second-order valence-electron chi connectivity index (χ2n) is 6.77. The van der Waals surface area contributed by atoms with Gasteiger partial charge in [0.15, 0.2) is 0 Å². The zero-order valence-corrected chi connectivity index (χ0v) is 19.2. The van der Waals surface area contributed by atoms with Gasteiger partial charge < -0.3 is 38.3 Å². The Bertz CT molecular complexity index is 709. The van der Waals surface area contributed by atoms with Crippen molar-refractivity contribution in [3.63, 3.8) is 0 Å². The molecule has 0 radical (unpaired) electrons. The molecular weight excluding hydrogens is 464 g/mol. The summed E-state index contributed by atoms with van der Waals surface area (Å²) < 4.78 is 0. The summed E-state index contributed by atoms with van der Waals surface area (Å²) in [6.07, 6.45) is 0.829. The third kappa shape index (κ3) is 11.8. The third-order valence-electron chi connectivity index (χ3n) is 4.11. The van der Waals surface area contributed by atoms with Gasteiger partial charge in [-0.2, -0.15) is 24.4 Å². The van der Waals surface area contributed by atoms with Crippen molar-refractivity contribution in [3.8, 4) is 0 Å². The minimum atomic E-state index is -1.40. The van der Waals surface area contributed by atoms with Crippen molar-refractivity contribution in [3.05, 3.63) is 0 Å². The molecule has 182 valence electrons. The highest BCUT2D eigenvalue weighted by Crippen LogP contribution is 2.05. The number of hydrogen-bond acceptors (Lipinski definition) is 9. The largest absolute Gasteiger partial charge is 0.480 e. The normalized spacial score (nSPS) is 14.3. The number of aliphatic carboxylic acids is 1. The van der Waals surface area contributed by atoms with E-state index >= 15 is 0 Å². The van der Waals surface area contributed by atoms with Crippen LogP contribution < -0.4 is 33.2 Å². The highest BCUT2D eigenvalue weighted by atomic mass is 32.2. The molecule has 0 aromatic carbocycles. The fourth-order valence-electron chi connectivity index (χ4n) is 2.37. The number of primary amides is 2. The Labute approximate surface area is 194 Å². The molecule has 0 spiro atoms. The van der Waals surface area contributed by atoms with Crippen molar-refractivity contribution < 1.29 is 33.9 Å². The smallest absolute Gasteiger partial charge is 0.326 e. The summed E-state index contributed by atoms with van der Waals surface area (Å²) in [5, 5.41) is 16.2. The molecule has 4 atom stereocenters. The van der Waals surface area contributed by atoms with Crippen LogP contribution in [0.2, 0.25) is 0 Å². The fraction of sp³-hybridized carbons (Fsp3) is 0.647. The van der Waals surface area contributed by atoms with E-state index in [1.54, 1.807) is 6.26 Å². The van der Waals surface area contributed by atoms with Gasteiger partial charge in [-0.25, -0.2) is 4.79 Å². The first kappa shape index (κ1) is 29.5. The molecule has 0 aromatic rings. The number of amides is 5. The number of thiol groups is 1. The quantitative estimate of drug-likeness (QED) is 0.1000. The molecule has 4 unspecified atom stereocenters. The summed E-state index contributed by atoms with van der Waals surface area (Å²) >= 11 is 5.26. The molecule has 0 heterocycles. The van der Waals surface area contributed by atoms with Crippen molar-refractivity contribution in [2.24, 2.45) is 17.2 Å². The van der Waals surface area contributed by atoms with Gasteiger partial charge in [-0.3, -0.25) is 24.0 Å². The lowest BCUT2D eigenvalue weighted by molar-refractivity contribution is -0.142. The predicted octanol–water partition coefficient (Wildman–Crippen LogP) is -3.32. The first-order valence-corrected chi connectivity index (χ1v) is 11.5. The lowest BCUT2D eigenvalue weighted by Crippen LogP contribution is -2.58. The molecular formula is C17H30N6O7S2. The minimum Gasteiger partial charge on any atom is -0.480 e. The number of carboxylic acid groups (broad SMARTS) is 1. The third-order valence-corrected chi connectivity index (χ3v) is 5.15. The molecule has 0 aliphatic heterocycles. The molecule has 13 nitrogen and oxygen atoms in total. The summed E-state index contributed by atoms with van der Waals surface area (Å²) in [6, 6.07) is -5.03. The van der Waals surface area contributed by atoms with Crippen LogP contribution in [-0.4, -0.2) is 82.5 Å². The average Bonchev–Trinajstić information content (AvgIpc) is 2.71. The molecule has 5 amide bonds. The number of hydrogen-bond donors (Lipinski definition) is 8. The second kappa shape index (κ2) is 15.3. The lowest BCUT2D eigenvalue weighted by Gasteiger charge is -2.24. The lowest BCUT2D eigenvalue weighted by atomic mass is 10.1. The van der Waals surface area contributed by atoms with Crippen LogP contribution >= 0.6 is 24.4 Å². The first-order valence-electron chi connectivity index (χ1n) is 9.48. The van der Waals surface area contributed by atoms with Gasteiger partial charge in [0.2, 0.25) is 29.5 Å². The monoisotopic (exact) mass is 494 g/mol. The highest BCUT2D eigenvalue weighted by molar-refractivity contribution is 7.98. The van der Waals surface area contributed by atoms with Gasteiger partial charge in [-0.05, 0) is 24.9 Å². The van der Waals surface area contributed by atoms with Gasteiger partial charge >= 0.3 is 5.97 Å². The maximum absolute atomic E-state index is 12.7. The Kier molecular flexibility index (Phi) is 14.1. The number of nitrogens with two attached hydrogens (primary N) is 3. The molecule has 0 aliphatic rings. The fourth-order valence-corrected chi connectivity index (χ4v) is 3.00. The number of nitrogens with one attached hydrogen (secondary N) is 3. The Balaban J connectivity index is 5.43. The van der Waals surface area contributed by atoms with E-state index in [1.807, 2.05) is 0 Å². The topological polar surface area (TPSA) is 237 Å². The van der Waals surface area contributed by atoms with Crippen molar-refractivity contribution in [2.45, 2.75) is 49.9 Å². The number of carboxylic acids is 1. The maximum Gasteiger partial charge on any atom is 0.326 e. The van der Waals surface area contributed by atoms with Crippen LogP contribution in [-0.2, 0) is 28.8 Å². The summed E-state index contributed by atoms with van der Waals surface area (Å²) in [7, 11) is 0. The Morgan fingerprint density at radius 1 is 0.875 bits per heavy atom. The van der Waals surface area contributed by atoms with Crippen LogP contribution in [0.3, 0.4) is 0 Å². The summed E-state index contributed by atoms with van der Waals surface area (Å²) in [4.78, 5) is 71.0. The van der Waals surface area contributed by atoms with E-state index in [2.05, 4.69) is 28.6 Å². The number of carbonyl (C=O) groups excluding carboxylic acids is 5.